The summed E-state index contributed by atoms with van der Waals surface area (Å²) in [4.78, 5) is 25.7. The molecule has 0 aliphatic heterocycles. The zero-order chi connectivity index (χ0) is 21.7. The lowest BCUT2D eigenvalue weighted by Gasteiger charge is -2.23. The number of aryl methyl sites for hydroxylation is 1. The van der Waals surface area contributed by atoms with Crippen molar-refractivity contribution in [2.45, 2.75) is 20.0 Å². The average molecular weight is 403 g/mol. The second-order valence-corrected chi connectivity index (χ2v) is 6.83. The Morgan fingerprint density at radius 3 is 2.37 bits per heavy atom. The van der Waals surface area contributed by atoms with Crippen molar-refractivity contribution in [2.24, 2.45) is 0 Å². The summed E-state index contributed by atoms with van der Waals surface area (Å²) in [6.07, 6.45) is 0. The van der Waals surface area contributed by atoms with Crippen molar-refractivity contribution in [1.29, 1.82) is 5.26 Å². The lowest BCUT2D eigenvalue weighted by Crippen LogP contribution is -2.30. The Morgan fingerprint density at radius 2 is 1.73 bits per heavy atom. The van der Waals surface area contributed by atoms with Crippen LogP contribution in [-0.2, 0) is 13.1 Å². The molecule has 6 nitrogen and oxygen atoms in total. The molecule has 0 unspecified atom stereocenters. The largest absolute Gasteiger partial charge is 0.330 e. The highest BCUT2D eigenvalue weighted by Gasteiger charge is 2.26. The first kappa shape index (κ1) is 20.7. The van der Waals surface area contributed by atoms with Crippen molar-refractivity contribution in [3.05, 3.63) is 110 Å². The van der Waals surface area contributed by atoms with Gasteiger partial charge in [0.25, 0.3) is 11.6 Å². The van der Waals surface area contributed by atoms with E-state index in [0.29, 0.717) is 16.7 Å². The molecule has 0 radical (unpaired) electrons. The predicted molar refractivity (Wildman–Crippen MR) is 109 cm³/mol. The van der Waals surface area contributed by atoms with Crippen LogP contribution in [0.2, 0.25) is 0 Å². The van der Waals surface area contributed by atoms with Crippen molar-refractivity contribution in [1.82, 2.24) is 4.90 Å². The topological polar surface area (TPSA) is 87.2 Å². The van der Waals surface area contributed by atoms with E-state index in [1.807, 2.05) is 6.07 Å². The van der Waals surface area contributed by atoms with E-state index in [-0.39, 0.29) is 24.3 Å². The minimum atomic E-state index is -0.565. The molecular formula is C23H18FN3O3. The maximum Gasteiger partial charge on any atom is 0.285 e. The molecule has 0 heterocycles. The number of hydrogen-bond donors (Lipinski definition) is 0. The fourth-order valence-electron chi connectivity index (χ4n) is 3.20. The monoisotopic (exact) mass is 403 g/mol. The molecule has 0 fully saturated rings. The number of para-hydroxylation sites is 1. The number of halogens is 1. The maximum atomic E-state index is 13.7. The molecule has 0 saturated carbocycles. The quantitative estimate of drug-likeness (QED) is 0.439. The Kier molecular flexibility index (Phi) is 6.18. The number of benzene rings is 3. The number of hydrogen-bond acceptors (Lipinski definition) is 4. The van der Waals surface area contributed by atoms with E-state index in [1.54, 1.807) is 55.5 Å². The van der Waals surface area contributed by atoms with E-state index in [9.17, 15) is 19.3 Å². The van der Waals surface area contributed by atoms with Gasteiger partial charge in [-0.2, -0.15) is 5.26 Å². The molecule has 30 heavy (non-hydrogen) atoms. The maximum absolute atomic E-state index is 13.7. The van der Waals surface area contributed by atoms with Crippen molar-refractivity contribution < 1.29 is 14.1 Å². The zero-order valence-corrected chi connectivity index (χ0v) is 16.2. The van der Waals surface area contributed by atoms with Crippen LogP contribution >= 0.6 is 0 Å². The van der Waals surface area contributed by atoms with Crippen molar-refractivity contribution >= 4 is 11.6 Å². The number of nitriles is 1. The minimum absolute atomic E-state index is 0.0231. The van der Waals surface area contributed by atoms with Crippen LogP contribution in [0.15, 0.2) is 66.7 Å². The molecule has 1 amide bonds. The van der Waals surface area contributed by atoms with E-state index in [1.165, 1.54) is 23.1 Å². The zero-order valence-electron chi connectivity index (χ0n) is 16.2. The average Bonchev–Trinajstić information content (AvgIpc) is 2.73. The van der Waals surface area contributed by atoms with Crippen molar-refractivity contribution in [3.8, 4) is 6.07 Å². The van der Waals surface area contributed by atoms with Gasteiger partial charge in [0.2, 0.25) is 0 Å². The summed E-state index contributed by atoms with van der Waals surface area (Å²) in [7, 11) is 0. The number of nitrogens with zero attached hydrogens (tertiary/aromatic N) is 3. The first-order chi connectivity index (χ1) is 14.4. The van der Waals surface area contributed by atoms with Gasteiger partial charge in [-0.15, -0.1) is 0 Å². The lowest BCUT2D eigenvalue weighted by molar-refractivity contribution is -0.385. The lowest BCUT2D eigenvalue weighted by atomic mass is 10.1. The molecule has 3 aromatic carbocycles. The summed E-state index contributed by atoms with van der Waals surface area (Å²) in [5, 5.41) is 20.5. The van der Waals surface area contributed by atoms with Gasteiger partial charge in [0.1, 0.15) is 11.4 Å². The second kappa shape index (κ2) is 8.97. The predicted octanol–water partition coefficient (Wildman–Crippen LogP) is 4.76. The second-order valence-electron chi connectivity index (χ2n) is 6.83. The molecule has 3 rings (SSSR count). The summed E-state index contributed by atoms with van der Waals surface area (Å²) in [5.74, 6) is -0.959. The molecule has 7 heteroatoms. The smallest absolute Gasteiger partial charge is 0.285 e. The molecule has 0 spiro atoms. The van der Waals surface area contributed by atoms with Gasteiger partial charge in [0.15, 0.2) is 0 Å². The first-order valence-corrected chi connectivity index (χ1v) is 9.16. The summed E-state index contributed by atoms with van der Waals surface area (Å²) in [6, 6.07) is 19.2. The van der Waals surface area contributed by atoms with Gasteiger partial charge in [-0.05, 0) is 48.4 Å². The highest BCUT2D eigenvalue weighted by molar-refractivity contribution is 5.98. The van der Waals surface area contributed by atoms with Crippen LogP contribution in [0.25, 0.3) is 0 Å². The van der Waals surface area contributed by atoms with Crippen LogP contribution < -0.4 is 0 Å². The highest BCUT2D eigenvalue weighted by atomic mass is 19.1. The molecule has 0 saturated heterocycles. The molecule has 0 aromatic heterocycles. The van der Waals surface area contributed by atoms with Crippen LogP contribution in [0.4, 0.5) is 10.1 Å². The van der Waals surface area contributed by atoms with E-state index < -0.39 is 16.6 Å². The van der Waals surface area contributed by atoms with Gasteiger partial charge in [-0.3, -0.25) is 14.9 Å². The SMILES string of the molecule is Cc1cccc(C(=O)N(Cc2ccc(C#N)cc2)Cc2cccc(F)c2)c1[N+](=O)[O-]. The van der Waals surface area contributed by atoms with Gasteiger partial charge >= 0.3 is 0 Å². The fourth-order valence-corrected chi connectivity index (χ4v) is 3.20. The molecule has 3 aromatic rings. The molecule has 0 aliphatic carbocycles. The highest BCUT2D eigenvalue weighted by Crippen LogP contribution is 2.26. The van der Waals surface area contributed by atoms with Crippen LogP contribution in [-0.4, -0.2) is 15.7 Å². The van der Waals surface area contributed by atoms with Gasteiger partial charge in [0.05, 0.1) is 16.6 Å². The van der Waals surface area contributed by atoms with Crippen LogP contribution in [0.1, 0.15) is 32.6 Å². The van der Waals surface area contributed by atoms with E-state index in [4.69, 9.17) is 5.26 Å². The number of nitro groups is 1. The summed E-state index contributed by atoms with van der Waals surface area (Å²) >= 11 is 0. The number of rotatable bonds is 6. The molecule has 0 atom stereocenters. The minimum Gasteiger partial charge on any atom is -0.330 e. The number of amides is 1. The van der Waals surface area contributed by atoms with Crippen molar-refractivity contribution in [2.75, 3.05) is 0 Å². The van der Waals surface area contributed by atoms with E-state index in [2.05, 4.69) is 0 Å². The Hall–Kier alpha value is -4.05. The molecule has 150 valence electrons. The van der Waals surface area contributed by atoms with Gasteiger partial charge < -0.3 is 4.90 Å². The molecular weight excluding hydrogens is 385 g/mol. The Balaban J connectivity index is 2.00. The standard InChI is InChI=1S/C23H18FN3O3/c1-16-4-2-7-21(22(16)27(29)30)23(28)26(15-19-5-3-6-20(24)12-19)14-18-10-8-17(13-25)9-11-18/h2-12H,14-15H2,1H3. The van der Waals surface area contributed by atoms with Crippen LogP contribution in [0.3, 0.4) is 0 Å². The summed E-state index contributed by atoms with van der Waals surface area (Å²) in [6.45, 7) is 1.79. The first-order valence-electron chi connectivity index (χ1n) is 9.16. The van der Waals surface area contributed by atoms with Gasteiger partial charge in [-0.1, -0.05) is 36.4 Å². The number of carbonyl (C=O) groups excluding carboxylic acids is 1. The van der Waals surface area contributed by atoms with E-state index >= 15 is 0 Å². The Morgan fingerprint density at radius 1 is 1.07 bits per heavy atom. The normalized spacial score (nSPS) is 10.3. The molecule has 0 aliphatic rings. The van der Waals surface area contributed by atoms with Crippen LogP contribution in [0, 0.1) is 34.2 Å². The summed E-state index contributed by atoms with van der Waals surface area (Å²) in [5.41, 5.74) is 1.91. The fraction of sp³-hybridized carbons (Fsp3) is 0.130. The third kappa shape index (κ3) is 4.67. The number of nitro benzene ring substituents is 1. The van der Waals surface area contributed by atoms with E-state index in [0.717, 1.165) is 5.56 Å². The third-order valence-corrected chi connectivity index (χ3v) is 4.66. The van der Waals surface area contributed by atoms with Gasteiger partial charge in [0, 0.05) is 18.7 Å². The van der Waals surface area contributed by atoms with Gasteiger partial charge in [-0.25, -0.2) is 4.39 Å². The Labute approximate surface area is 173 Å². The summed E-state index contributed by atoms with van der Waals surface area (Å²) < 4.78 is 13.7. The molecule has 0 N–H and O–H groups in total. The molecule has 0 bridgehead atoms. The third-order valence-electron chi connectivity index (χ3n) is 4.66. The number of carbonyl (C=O) groups is 1. The Bertz CT molecular complexity index is 1140. The van der Waals surface area contributed by atoms with Crippen LogP contribution in [0.5, 0.6) is 0 Å². The van der Waals surface area contributed by atoms with Crippen molar-refractivity contribution in [3.63, 3.8) is 0 Å².